The van der Waals surface area contributed by atoms with E-state index in [1.54, 1.807) is 6.07 Å². The van der Waals surface area contributed by atoms with Gasteiger partial charge in [-0.05, 0) is 31.0 Å². The molecule has 2 aliphatic heterocycles. The van der Waals surface area contributed by atoms with Gasteiger partial charge in [0.1, 0.15) is 17.3 Å². The minimum atomic E-state index is -0.427. The van der Waals surface area contributed by atoms with E-state index in [0.717, 1.165) is 43.9 Å². The molecule has 7 heteroatoms. The molecule has 0 radical (unpaired) electrons. The Morgan fingerprint density at radius 1 is 1.14 bits per heavy atom. The number of carbonyl (C=O) groups is 1. The number of carbonyl (C=O) groups excluding carboxylic acids is 1. The summed E-state index contributed by atoms with van der Waals surface area (Å²) in [6.07, 6.45) is 2.55. The Labute approximate surface area is 165 Å². The van der Waals surface area contributed by atoms with Crippen molar-refractivity contribution in [3.05, 3.63) is 47.4 Å². The van der Waals surface area contributed by atoms with Gasteiger partial charge in [0.05, 0.1) is 13.2 Å². The van der Waals surface area contributed by atoms with Crippen LogP contribution >= 0.6 is 0 Å². The van der Waals surface area contributed by atoms with Crippen LogP contribution in [0.5, 0.6) is 0 Å². The van der Waals surface area contributed by atoms with Crippen molar-refractivity contribution in [1.82, 2.24) is 9.97 Å². The number of benzene rings is 1. The fraction of sp³-hybridized carbons (Fsp3) is 0.476. The zero-order valence-electron chi connectivity index (χ0n) is 16.4. The molecule has 2 saturated heterocycles. The van der Waals surface area contributed by atoms with Gasteiger partial charge in [-0.2, -0.15) is 0 Å². The SMILES string of the molecule is CCc1ccc(NC(=O)c2cc(N3CCC4(CC3)OCCO4)nc(C)n2)cc1. The van der Waals surface area contributed by atoms with Crippen LogP contribution in [0.2, 0.25) is 0 Å². The van der Waals surface area contributed by atoms with Gasteiger partial charge >= 0.3 is 0 Å². The van der Waals surface area contributed by atoms with E-state index in [1.807, 2.05) is 31.2 Å². The molecular weight excluding hydrogens is 356 g/mol. The number of aromatic nitrogens is 2. The van der Waals surface area contributed by atoms with Crippen LogP contribution in [0.3, 0.4) is 0 Å². The van der Waals surface area contributed by atoms with E-state index in [9.17, 15) is 4.79 Å². The van der Waals surface area contributed by atoms with Crippen molar-refractivity contribution >= 4 is 17.4 Å². The summed E-state index contributed by atoms with van der Waals surface area (Å²) in [5, 5.41) is 2.92. The molecule has 0 atom stereocenters. The number of ether oxygens (including phenoxy) is 2. The van der Waals surface area contributed by atoms with Gasteiger partial charge in [0, 0.05) is 37.7 Å². The second kappa shape index (κ2) is 7.85. The average molecular weight is 382 g/mol. The number of anilines is 2. The van der Waals surface area contributed by atoms with E-state index in [1.165, 1.54) is 5.56 Å². The van der Waals surface area contributed by atoms with Crippen molar-refractivity contribution in [2.45, 2.75) is 38.9 Å². The molecule has 1 amide bonds. The summed E-state index contributed by atoms with van der Waals surface area (Å²) in [4.78, 5) is 23.7. The maximum atomic E-state index is 12.7. The van der Waals surface area contributed by atoms with Crippen LogP contribution < -0.4 is 10.2 Å². The van der Waals surface area contributed by atoms with Crippen LogP contribution in [-0.2, 0) is 15.9 Å². The molecular formula is C21H26N4O3. The summed E-state index contributed by atoms with van der Waals surface area (Å²) in [7, 11) is 0. The lowest BCUT2D eigenvalue weighted by molar-refractivity contribution is -0.169. The number of rotatable bonds is 4. The molecule has 1 aromatic heterocycles. The van der Waals surface area contributed by atoms with Gasteiger partial charge in [-0.15, -0.1) is 0 Å². The minimum Gasteiger partial charge on any atom is -0.356 e. The fourth-order valence-electron chi connectivity index (χ4n) is 3.71. The smallest absolute Gasteiger partial charge is 0.274 e. The number of hydrogen-bond acceptors (Lipinski definition) is 6. The van der Waals surface area contributed by atoms with Crippen molar-refractivity contribution < 1.29 is 14.3 Å². The minimum absolute atomic E-state index is 0.230. The van der Waals surface area contributed by atoms with Crippen molar-refractivity contribution in [1.29, 1.82) is 0 Å². The third-order valence-electron chi connectivity index (χ3n) is 5.34. The largest absolute Gasteiger partial charge is 0.356 e. The maximum Gasteiger partial charge on any atom is 0.274 e. The third-order valence-corrected chi connectivity index (χ3v) is 5.34. The quantitative estimate of drug-likeness (QED) is 0.876. The molecule has 2 aliphatic rings. The second-order valence-electron chi connectivity index (χ2n) is 7.26. The molecule has 4 rings (SSSR count). The first-order valence-electron chi connectivity index (χ1n) is 9.86. The van der Waals surface area contributed by atoms with E-state index in [4.69, 9.17) is 9.47 Å². The zero-order chi connectivity index (χ0) is 19.6. The normalized spacial score (nSPS) is 18.4. The standard InChI is InChI=1S/C21H26N4O3/c1-3-16-4-6-17(7-5-16)24-20(26)18-14-19(23-15(2)22-18)25-10-8-21(9-11-25)27-12-13-28-21/h4-7,14H,3,8-13H2,1-2H3,(H,24,26). The van der Waals surface area contributed by atoms with Gasteiger partial charge in [-0.25, -0.2) is 9.97 Å². The van der Waals surface area contributed by atoms with E-state index >= 15 is 0 Å². The molecule has 28 heavy (non-hydrogen) atoms. The number of amides is 1. The molecule has 148 valence electrons. The van der Waals surface area contributed by atoms with Crippen molar-refractivity contribution in [3.8, 4) is 0 Å². The topological polar surface area (TPSA) is 76.6 Å². The van der Waals surface area contributed by atoms with Crippen LogP contribution in [-0.4, -0.2) is 48.0 Å². The Balaban J connectivity index is 1.46. The average Bonchev–Trinajstić information content (AvgIpc) is 3.16. The summed E-state index contributed by atoms with van der Waals surface area (Å²) in [6, 6.07) is 9.62. The Morgan fingerprint density at radius 2 is 1.82 bits per heavy atom. The lowest BCUT2D eigenvalue weighted by Gasteiger charge is -2.38. The molecule has 3 heterocycles. The Morgan fingerprint density at radius 3 is 2.46 bits per heavy atom. The molecule has 0 aliphatic carbocycles. The monoisotopic (exact) mass is 382 g/mol. The van der Waals surface area contributed by atoms with Crippen LogP contribution in [0.25, 0.3) is 0 Å². The van der Waals surface area contributed by atoms with Crippen molar-refractivity contribution in [3.63, 3.8) is 0 Å². The Bertz CT molecular complexity index is 837. The lowest BCUT2D eigenvalue weighted by Crippen LogP contribution is -2.45. The van der Waals surface area contributed by atoms with Crippen LogP contribution in [0, 0.1) is 6.92 Å². The first-order valence-corrected chi connectivity index (χ1v) is 9.86. The molecule has 1 spiro atoms. The van der Waals surface area contributed by atoms with Gasteiger partial charge in [0.25, 0.3) is 5.91 Å². The van der Waals surface area contributed by atoms with Crippen molar-refractivity contribution in [2.24, 2.45) is 0 Å². The highest BCUT2D eigenvalue weighted by atomic mass is 16.7. The number of aryl methyl sites for hydroxylation is 2. The highest BCUT2D eigenvalue weighted by molar-refractivity contribution is 6.03. The number of nitrogens with one attached hydrogen (secondary N) is 1. The number of hydrogen-bond donors (Lipinski definition) is 1. The van der Waals surface area contributed by atoms with Gasteiger partial charge in [-0.1, -0.05) is 19.1 Å². The summed E-state index contributed by atoms with van der Waals surface area (Å²) in [6.45, 7) is 6.79. The molecule has 2 fully saturated rings. The molecule has 1 N–H and O–H groups in total. The van der Waals surface area contributed by atoms with Gasteiger partial charge in [0.15, 0.2) is 5.79 Å². The van der Waals surface area contributed by atoms with Gasteiger partial charge in [-0.3, -0.25) is 4.79 Å². The van der Waals surface area contributed by atoms with E-state index < -0.39 is 5.79 Å². The van der Waals surface area contributed by atoms with E-state index in [-0.39, 0.29) is 5.91 Å². The predicted octanol–water partition coefficient (Wildman–Crippen LogP) is 2.94. The van der Waals surface area contributed by atoms with E-state index in [2.05, 4.69) is 27.1 Å². The number of piperidine rings is 1. The summed E-state index contributed by atoms with van der Waals surface area (Å²) in [5.74, 6) is 0.695. The summed E-state index contributed by atoms with van der Waals surface area (Å²) >= 11 is 0. The fourth-order valence-corrected chi connectivity index (χ4v) is 3.71. The Hall–Kier alpha value is -2.51. The molecule has 0 unspecified atom stereocenters. The van der Waals surface area contributed by atoms with Crippen molar-refractivity contribution in [2.75, 3.05) is 36.5 Å². The van der Waals surface area contributed by atoms with Crippen LogP contribution in [0.4, 0.5) is 11.5 Å². The zero-order valence-corrected chi connectivity index (χ0v) is 16.4. The van der Waals surface area contributed by atoms with Gasteiger partial charge < -0.3 is 19.7 Å². The predicted molar refractivity (Wildman–Crippen MR) is 107 cm³/mol. The molecule has 1 aromatic carbocycles. The highest BCUT2D eigenvalue weighted by Crippen LogP contribution is 2.32. The first-order chi connectivity index (χ1) is 13.6. The number of nitrogens with zero attached hydrogens (tertiary/aromatic N) is 3. The molecule has 0 saturated carbocycles. The van der Waals surface area contributed by atoms with Crippen LogP contribution in [0.1, 0.15) is 41.6 Å². The van der Waals surface area contributed by atoms with Crippen LogP contribution in [0.15, 0.2) is 30.3 Å². The molecule has 0 bridgehead atoms. The highest BCUT2D eigenvalue weighted by Gasteiger charge is 2.40. The molecule has 2 aromatic rings. The second-order valence-corrected chi connectivity index (χ2v) is 7.26. The summed E-state index contributed by atoms with van der Waals surface area (Å²) in [5.41, 5.74) is 2.36. The van der Waals surface area contributed by atoms with Gasteiger partial charge in [0.2, 0.25) is 0 Å². The third kappa shape index (κ3) is 4.00. The lowest BCUT2D eigenvalue weighted by atomic mass is 10.0. The maximum absolute atomic E-state index is 12.7. The molecule has 7 nitrogen and oxygen atoms in total. The van der Waals surface area contributed by atoms with E-state index in [0.29, 0.717) is 24.7 Å². The first kappa shape index (κ1) is 18.8. The summed E-state index contributed by atoms with van der Waals surface area (Å²) < 4.78 is 11.6. The Kier molecular flexibility index (Phi) is 5.28.